The number of aliphatic imine (C=N–C) groups is 1. The number of nitrogens with zero attached hydrogens (tertiary/aromatic N) is 2. The molecule has 2 nitrogen and oxygen atoms in total. The van der Waals surface area contributed by atoms with Gasteiger partial charge in [0.25, 0.3) is 0 Å². The Morgan fingerprint density at radius 1 is 1.25 bits per heavy atom. The van der Waals surface area contributed by atoms with Crippen molar-refractivity contribution >= 4 is 5.71 Å². The molecule has 1 unspecified atom stereocenters. The van der Waals surface area contributed by atoms with E-state index in [1.807, 2.05) is 18.2 Å². The van der Waals surface area contributed by atoms with Gasteiger partial charge in [-0.2, -0.15) is 5.26 Å². The van der Waals surface area contributed by atoms with E-state index in [0.717, 1.165) is 18.6 Å². The monoisotopic (exact) mass is 212 g/mol. The van der Waals surface area contributed by atoms with Crippen LogP contribution in [-0.4, -0.2) is 5.71 Å². The summed E-state index contributed by atoms with van der Waals surface area (Å²) >= 11 is 0. The van der Waals surface area contributed by atoms with Crippen LogP contribution in [0.3, 0.4) is 0 Å². The summed E-state index contributed by atoms with van der Waals surface area (Å²) in [4.78, 5) is 4.60. The van der Waals surface area contributed by atoms with Gasteiger partial charge in [0.05, 0.1) is 18.5 Å². The molecule has 0 aromatic heterocycles. The number of rotatable bonds is 2. The molecule has 2 rings (SSSR count). The van der Waals surface area contributed by atoms with E-state index >= 15 is 0 Å². The van der Waals surface area contributed by atoms with Crippen LogP contribution in [0.4, 0.5) is 0 Å². The molecule has 1 aliphatic carbocycles. The van der Waals surface area contributed by atoms with E-state index in [4.69, 9.17) is 5.26 Å². The van der Waals surface area contributed by atoms with Gasteiger partial charge < -0.3 is 0 Å². The molecule has 0 radical (unpaired) electrons. The quantitative estimate of drug-likeness (QED) is 0.740. The first-order valence-electron chi connectivity index (χ1n) is 5.87. The van der Waals surface area contributed by atoms with Crippen molar-refractivity contribution in [3.63, 3.8) is 0 Å². The minimum atomic E-state index is 0.0671. The molecule has 0 bridgehead atoms. The van der Waals surface area contributed by atoms with Gasteiger partial charge in [-0.3, -0.25) is 4.99 Å². The Hall–Kier alpha value is -1.62. The van der Waals surface area contributed by atoms with Crippen LogP contribution in [0.15, 0.2) is 35.3 Å². The Kier molecular flexibility index (Phi) is 3.71. The summed E-state index contributed by atoms with van der Waals surface area (Å²) in [6, 6.07) is 12.6. The van der Waals surface area contributed by atoms with Crippen LogP contribution in [0.2, 0.25) is 0 Å². The standard InChI is InChI=1S/C14H16N2/c15-10-13-8-4-5-9-14(13)16-11-12-6-2-1-3-7-12/h1-3,6-7,13H,4-5,8-9,11H2/b16-14-. The maximum atomic E-state index is 9.03. The molecule has 0 spiro atoms. The van der Waals surface area contributed by atoms with Gasteiger partial charge in [0.1, 0.15) is 0 Å². The largest absolute Gasteiger partial charge is 0.288 e. The predicted molar refractivity (Wildman–Crippen MR) is 65.2 cm³/mol. The van der Waals surface area contributed by atoms with E-state index in [2.05, 4.69) is 23.2 Å². The summed E-state index contributed by atoms with van der Waals surface area (Å²) in [7, 11) is 0. The Bertz CT molecular complexity index is 400. The highest BCUT2D eigenvalue weighted by molar-refractivity contribution is 5.89. The number of benzene rings is 1. The van der Waals surface area contributed by atoms with Crippen molar-refractivity contribution in [2.24, 2.45) is 10.9 Å². The van der Waals surface area contributed by atoms with Crippen molar-refractivity contribution in [1.82, 2.24) is 0 Å². The minimum Gasteiger partial charge on any atom is -0.288 e. The number of nitriles is 1. The Balaban J connectivity index is 2.03. The van der Waals surface area contributed by atoms with Crippen molar-refractivity contribution in [2.75, 3.05) is 0 Å². The lowest BCUT2D eigenvalue weighted by molar-refractivity contribution is 0.598. The molecule has 16 heavy (non-hydrogen) atoms. The first-order valence-corrected chi connectivity index (χ1v) is 5.87. The van der Waals surface area contributed by atoms with Crippen molar-refractivity contribution in [2.45, 2.75) is 32.2 Å². The summed E-state index contributed by atoms with van der Waals surface area (Å²) in [5.41, 5.74) is 2.33. The SMILES string of the molecule is N#CC1CCCC/C1=N/Cc1ccccc1. The molecule has 1 aromatic rings. The van der Waals surface area contributed by atoms with Crippen LogP contribution in [-0.2, 0) is 6.54 Å². The molecular formula is C14H16N2. The first-order chi connectivity index (χ1) is 7.90. The summed E-state index contributed by atoms with van der Waals surface area (Å²) in [6.45, 7) is 0.717. The fourth-order valence-corrected chi connectivity index (χ4v) is 2.10. The fourth-order valence-electron chi connectivity index (χ4n) is 2.10. The normalized spacial score (nSPS) is 22.9. The smallest absolute Gasteiger partial charge is 0.0841 e. The minimum absolute atomic E-state index is 0.0671. The van der Waals surface area contributed by atoms with Gasteiger partial charge >= 0.3 is 0 Å². The number of hydrogen-bond acceptors (Lipinski definition) is 2. The highest BCUT2D eigenvalue weighted by Gasteiger charge is 2.19. The third-order valence-corrected chi connectivity index (χ3v) is 3.04. The van der Waals surface area contributed by atoms with Gasteiger partial charge in [0, 0.05) is 5.71 Å². The molecule has 0 aliphatic heterocycles. The molecule has 2 heteroatoms. The van der Waals surface area contributed by atoms with Gasteiger partial charge in [0.2, 0.25) is 0 Å². The van der Waals surface area contributed by atoms with Crippen molar-refractivity contribution < 1.29 is 0 Å². The van der Waals surface area contributed by atoms with Gasteiger partial charge in [0.15, 0.2) is 0 Å². The second kappa shape index (κ2) is 5.46. The molecule has 0 amide bonds. The molecular weight excluding hydrogens is 196 g/mol. The molecule has 0 saturated heterocycles. The maximum Gasteiger partial charge on any atom is 0.0841 e. The van der Waals surface area contributed by atoms with Crippen molar-refractivity contribution in [3.8, 4) is 6.07 Å². The van der Waals surface area contributed by atoms with Crippen LogP contribution < -0.4 is 0 Å². The summed E-state index contributed by atoms with van der Waals surface area (Å²) < 4.78 is 0. The van der Waals surface area contributed by atoms with E-state index in [1.54, 1.807) is 0 Å². The van der Waals surface area contributed by atoms with Crippen molar-refractivity contribution in [3.05, 3.63) is 35.9 Å². The van der Waals surface area contributed by atoms with E-state index in [9.17, 15) is 0 Å². The molecule has 1 atom stereocenters. The van der Waals surface area contributed by atoms with Crippen molar-refractivity contribution in [1.29, 1.82) is 5.26 Å². The third-order valence-electron chi connectivity index (χ3n) is 3.04. The lowest BCUT2D eigenvalue weighted by atomic mass is 9.88. The average Bonchev–Trinajstić information content (AvgIpc) is 2.38. The summed E-state index contributed by atoms with van der Waals surface area (Å²) in [6.07, 6.45) is 4.35. The van der Waals surface area contributed by atoms with Crippen LogP contribution in [0.5, 0.6) is 0 Å². The Morgan fingerprint density at radius 2 is 2.06 bits per heavy atom. The molecule has 1 fully saturated rings. The number of hydrogen-bond donors (Lipinski definition) is 0. The summed E-state index contributed by atoms with van der Waals surface area (Å²) in [5.74, 6) is 0.0671. The molecule has 82 valence electrons. The fraction of sp³-hybridized carbons (Fsp3) is 0.429. The summed E-state index contributed by atoms with van der Waals surface area (Å²) in [5, 5.41) is 9.03. The molecule has 1 saturated carbocycles. The maximum absolute atomic E-state index is 9.03. The second-order valence-corrected chi connectivity index (χ2v) is 4.22. The zero-order valence-corrected chi connectivity index (χ0v) is 9.39. The topological polar surface area (TPSA) is 36.1 Å². The lowest BCUT2D eigenvalue weighted by Gasteiger charge is -2.18. The van der Waals surface area contributed by atoms with Gasteiger partial charge in [-0.15, -0.1) is 0 Å². The van der Waals surface area contributed by atoms with E-state index in [0.29, 0.717) is 6.54 Å². The zero-order valence-electron chi connectivity index (χ0n) is 9.39. The van der Waals surface area contributed by atoms with Gasteiger partial charge in [-0.25, -0.2) is 0 Å². The Labute approximate surface area is 96.6 Å². The highest BCUT2D eigenvalue weighted by Crippen LogP contribution is 2.21. The Morgan fingerprint density at radius 3 is 2.81 bits per heavy atom. The van der Waals surface area contributed by atoms with E-state index < -0.39 is 0 Å². The molecule has 0 heterocycles. The van der Waals surface area contributed by atoms with Crippen LogP contribution in [0.25, 0.3) is 0 Å². The predicted octanol–water partition coefficient (Wildman–Crippen LogP) is 3.34. The molecule has 0 N–H and O–H groups in total. The lowest BCUT2D eigenvalue weighted by Crippen LogP contribution is -2.17. The van der Waals surface area contributed by atoms with E-state index in [-0.39, 0.29) is 5.92 Å². The van der Waals surface area contributed by atoms with E-state index in [1.165, 1.54) is 18.4 Å². The third kappa shape index (κ3) is 2.70. The highest BCUT2D eigenvalue weighted by atomic mass is 14.7. The first kappa shape index (κ1) is 10.9. The van der Waals surface area contributed by atoms with Gasteiger partial charge in [-0.1, -0.05) is 36.8 Å². The van der Waals surface area contributed by atoms with Crippen LogP contribution in [0, 0.1) is 17.2 Å². The zero-order chi connectivity index (χ0) is 11.2. The average molecular weight is 212 g/mol. The van der Waals surface area contributed by atoms with Crippen LogP contribution >= 0.6 is 0 Å². The van der Waals surface area contributed by atoms with Crippen LogP contribution in [0.1, 0.15) is 31.2 Å². The second-order valence-electron chi connectivity index (χ2n) is 4.22. The molecule has 1 aromatic carbocycles. The molecule has 1 aliphatic rings. The van der Waals surface area contributed by atoms with Gasteiger partial charge in [-0.05, 0) is 24.8 Å².